The van der Waals surface area contributed by atoms with Crippen LogP contribution in [0.2, 0.25) is 0 Å². The van der Waals surface area contributed by atoms with Crippen molar-refractivity contribution < 1.29 is 22.6 Å². The van der Waals surface area contributed by atoms with Gasteiger partial charge >= 0.3 is 0 Å². The molecule has 0 saturated carbocycles. The molecule has 3 N–H and O–H groups in total. The fourth-order valence-corrected chi connectivity index (χ4v) is 3.42. The van der Waals surface area contributed by atoms with Crippen LogP contribution in [0.3, 0.4) is 0 Å². The quantitative estimate of drug-likeness (QED) is 0.469. The number of thiocarbonyl (C=S) groups is 1. The van der Waals surface area contributed by atoms with Crippen LogP contribution in [-0.4, -0.2) is 47.0 Å². The van der Waals surface area contributed by atoms with Crippen LogP contribution in [0, 0.1) is 0 Å². The molecule has 1 heterocycles. The van der Waals surface area contributed by atoms with E-state index in [9.17, 15) is 8.42 Å². The molecule has 0 aromatic heterocycles. The molecule has 0 spiro atoms. The fourth-order valence-electron chi connectivity index (χ4n) is 2.22. The van der Waals surface area contributed by atoms with Crippen molar-refractivity contribution in [2.75, 3.05) is 27.4 Å². The van der Waals surface area contributed by atoms with Crippen molar-refractivity contribution in [1.82, 2.24) is 15.6 Å². The molecule has 10 heteroatoms. The van der Waals surface area contributed by atoms with Crippen LogP contribution in [0.25, 0.3) is 0 Å². The van der Waals surface area contributed by atoms with Gasteiger partial charge in [0.2, 0.25) is 0 Å². The summed E-state index contributed by atoms with van der Waals surface area (Å²) in [6.45, 7) is 1.27. The molecular weight excluding hydrogens is 354 g/mol. The topological polar surface area (TPSA) is 97.9 Å². The molecule has 0 amide bonds. The maximum Gasteiger partial charge on any atom is 0.261 e. The zero-order valence-corrected chi connectivity index (χ0v) is 15.1. The van der Waals surface area contributed by atoms with E-state index in [2.05, 4.69) is 15.6 Å². The zero-order valence-electron chi connectivity index (χ0n) is 13.5. The summed E-state index contributed by atoms with van der Waals surface area (Å²) in [7, 11) is -0.990. The Labute approximate surface area is 146 Å². The highest BCUT2D eigenvalue weighted by Gasteiger charge is 2.21. The highest BCUT2D eigenvalue weighted by molar-refractivity contribution is 7.89. The minimum Gasteiger partial charge on any atom is -0.497 e. The Balaban J connectivity index is 1.94. The number of hydrazine groups is 1. The number of rotatable bonds is 7. The van der Waals surface area contributed by atoms with Crippen molar-refractivity contribution in [2.24, 2.45) is 0 Å². The second-order valence-electron chi connectivity index (χ2n) is 5.09. The Hall–Kier alpha value is -1.62. The van der Waals surface area contributed by atoms with Crippen LogP contribution in [0.4, 0.5) is 0 Å². The molecular formula is C14H21N3O5S2. The minimum absolute atomic E-state index is 0.0276. The largest absolute Gasteiger partial charge is 0.497 e. The summed E-state index contributed by atoms with van der Waals surface area (Å²) in [5.74, 6) is 0.661. The Morgan fingerprint density at radius 3 is 2.79 bits per heavy atom. The van der Waals surface area contributed by atoms with E-state index in [-0.39, 0.29) is 21.9 Å². The Kier molecular flexibility index (Phi) is 6.60. The molecule has 1 saturated heterocycles. The van der Waals surface area contributed by atoms with Crippen molar-refractivity contribution in [3.05, 3.63) is 18.2 Å². The van der Waals surface area contributed by atoms with Gasteiger partial charge in [0.05, 0.1) is 20.3 Å². The first-order chi connectivity index (χ1) is 11.5. The normalized spacial score (nSPS) is 17.3. The summed E-state index contributed by atoms with van der Waals surface area (Å²) >= 11 is 5.05. The fraction of sp³-hybridized carbons (Fsp3) is 0.500. The third kappa shape index (κ3) is 4.94. The lowest BCUT2D eigenvalue weighted by Gasteiger charge is -2.16. The van der Waals surface area contributed by atoms with Gasteiger partial charge in [0.1, 0.15) is 16.4 Å². The number of nitrogens with one attached hydrogen (secondary N) is 3. The van der Waals surface area contributed by atoms with Gasteiger partial charge in [-0.25, -0.2) is 8.42 Å². The molecule has 0 bridgehead atoms. The number of hydrogen-bond acceptors (Lipinski definition) is 6. The third-order valence-electron chi connectivity index (χ3n) is 3.47. The van der Waals surface area contributed by atoms with Crippen molar-refractivity contribution in [3.63, 3.8) is 0 Å². The summed E-state index contributed by atoms with van der Waals surface area (Å²) in [6.07, 6.45) is 2.09. The molecule has 134 valence electrons. The predicted octanol–water partition coefficient (Wildman–Crippen LogP) is 0.540. The van der Waals surface area contributed by atoms with Crippen LogP contribution in [0.15, 0.2) is 23.1 Å². The molecule has 0 radical (unpaired) electrons. The smallest absolute Gasteiger partial charge is 0.261 e. The summed E-state index contributed by atoms with van der Waals surface area (Å²) in [6, 6.07) is 4.41. The lowest BCUT2D eigenvalue weighted by Crippen LogP contribution is -2.48. The van der Waals surface area contributed by atoms with E-state index in [1.165, 1.54) is 32.4 Å². The molecule has 1 atom stereocenters. The maximum absolute atomic E-state index is 12.4. The van der Waals surface area contributed by atoms with Gasteiger partial charge in [0, 0.05) is 19.2 Å². The Morgan fingerprint density at radius 1 is 1.38 bits per heavy atom. The number of hydrogen-bond donors (Lipinski definition) is 3. The Morgan fingerprint density at radius 2 is 2.17 bits per heavy atom. The molecule has 1 fully saturated rings. The Bertz CT molecular complexity index is 675. The van der Waals surface area contributed by atoms with E-state index in [4.69, 9.17) is 26.4 Å². The lowest BCUT2D eigenvalue weighted by molar-refractivity contribution is 0.114. The van der Waals surface area contributed by atoms with Gasteiger partial charge < -0.3 is 19.5 Å². The van der Waals surface area contributed by atoms with Crippen molar-refractivity contribution >= 4 is 27.4 Å². The molecule has 2 rings (SSSR count). The van der Waals surface area contributed by atoms with Crippen molar-refractivity contribution in [1.29, 1.82) is 0 Å². The standard InChI is InChI=1S/C14H21N3O5S2/c1-20-10-5-6-13(12(8-10)21-2)24(18,19)17-16-14(23)15-9-11-4-3-7-22-11/h5-6,8,11,17H,3-4,7,9H2,1-2H3,(H2,15,16,23)/t11-/m0/s1. The minimum atomic E-state index is -3.86. The lowest BCUT2D eigenvalue weighted by atomic mass is 10.2. The molecule has 24 heavy (non-hydrogen) atoms. The van der Waals surface area contributed by atoms with Gasteiger partial charge in [-0.2, -0.15) is 0 Å². The summed E-state index contributed by atoms with van der Waals surface area (Å²) in [4.78, 5) is 2.19. The molecule has 1 aromatic carbocycles. The monoisotopic (exact) mass is 375 g/mol. The average Bonchev–Trinajstić information content (AvgIpc) is 3.11. The highest BCUT2D eigenvalue weighted by Crippen LogP contribution is 2.27. The van der Waals surface area contributed by atoms with E-state index in [1.807, 2.05) is 0 Å². The third-order valence-corrected chi connectivity index (χ3v) is 5.01. The van der Waals surface area contributed by atoms with Crippen molar-refractivity contribution in [3.8, 4) is 11.5 Å². The second-order valence-corrected chi connectivity index (χ2v) is 7.15. The molecule has 0 unspecified atom stereocenters. The summed E-state index contributed by atoms with van der Waals surface area (Å²) in [5, 5.41) is 3.08. The second kappa shape index (κ2) is 8.47. The molecule has 0 aliphatic carbocycles. The predicted molar refractivity (Wildman–Crippen MR) is 92.6 cm³/mol. The van der Waals surface area contributed by atoms with Crippen molar-refractivity contribution in [2.45, 2.75) is 23.8 Å². The van der Waals surface area contributed by atoms with Gasteiger partial charge in [-0.15, -0.1) is 4.83 Å². The van der Waals surface area contributed by atoms with Crippen LogP contribution >= 0.6 is 12.2 Å². The van der Waals surface area contributed by atoms with Crippen LogP contribution in [0.1, 0.15) is 12.8 Å². The van der Waals surface area contributed by atoms with Gasteiger partial charge in [-0.3, -0.25) is 5.43 Å². The molecule has 1 aromatic rings. The first kappa shape index (κ1) is 18.7. The van der Waals surface area contributed by atoms with Crippen LogP contribution < -0.4 is 25.0 Å². The van der Waals surface area contributed by atoms with Gasteiger partial charge in [-0.05, 0) is 37.2 Å². The van der Waals surface area contributed by atoms with Gasteiger partial charge in [0.15, 0.2) is 5.11 Å². The van der Waals surface area contributed by atoms with E-state index in [1.54, 1.807) is 0 Å². The molecule has 1 aliphatic rings. The maximum atomic E-state index is 12.4. The van der Waals surface area contributed by atoms with Crippen LogP contribution in [0.5, 0.6) is 11.5 Å². The number of ether oxygens (including phenoxy) is 3. The number of sulfonamides is 1. The SMILES string of the molecule is COc1ccc(S(=O)(=O)NNC(=S)NC[C@@H]2CCCO2)c(OC)c1. The van der Waals surface area contributed by atoms with Crippen LogP contribution in [-0.2, 0) is 14.8 Å². The number of benzene rings is 1. The van der Waals surface area contributed by atoms with E-state index < -0.39 is 10.0 Å². The summed E-state index contributed by atoms with van der Waals surface area (Å²) < 4.78 is 40.3. The van der Waals surface area contributed by atoms with Gasteiger partial charge in [-0.1, -0.05) is 0 Å². The van der Waals surface area contributed by atoms with E-state index >= 15 is 0 Å². The highest BCUT2D eigenvalue weighted by atomic mass is 32.2. The average molecular weight is 375 g/mol. The zero-order chi connectivity index (χ0) is 17.6. The molecule has 8 nitrogen and oxygen atoms in total. The summed E-state index contributed by atoms with van der Waals surface area (Å²) in [5.41, 5.74) is 2.47. The first-order valence-electron chi connectivity index (χ1n) is 7.35. The van der Waals surface area contributed by atoms with E-state index in [0.717, 1.165) is 19.4 Å². The van der Waals surface area contributed by atoms with Gasteiger partial charge in [0.25, 0.3) is 10.0 Å². The first-order valence-corrected chi connectivity index (χ1v) is 9.24. The number of methoxy groups -OCH3 is 2. The van der Waals surface area contributed by atoms with E-state index in [0.29, 0.717) is 12.3 Å². The molecule has 1 aliphatic heterocycles.